The normalized spacial score (nSPS) is 13.7. The van der Waals surface area contributed by atoms with Crippen LogP contribution in [0.5, 0.6) is 11.5 Å². The Morgan fingerprint density at radius 2 is 1.72 bits per heavy atom. The fourth-order valence-electron chi connectivity index (χ4n) is 3.46. The van der Waals surface area contributed by atoms with Crippen LogP contribution in [0, 0.1) is 0 Å². The Labute approximate surface area is 170 Å². The molecule has 1 heterocycles. The van der Waals surface area contributed by atoms with Gasteiger partial charge in [0.25, 0.3) is 0 Å². The van der Waals surface area contributed by atoms with Crippen molar-refractivity contribution in [3.63, 3.8) is 0 Å². The van der Waals surface area contributed by atoms with E-state index in [0.717, 1.165) is 5.56 Å². The Hall–Kier alpha value is -3.22. The standard InChI is InChI=1S/C22H26N2O5/c1-22(2,3)24(21(26)27)17(12-15-8-6-5-7-9-15)20(25)23(4)16-10-11-18-19(13-16)29-14-28-18/h5-11,13,17H,12,14H2,1-4H3,(H,26,27)/t17-/m0/s1. The van der Waals surface area contributed by atoms with Crippen LogP contribution in [0.15, 0.2) is 48.5 Å². The summed E-state index contributed by atoms with van der Waals surface area (Å²) in [6.45, 7) is 5.50. The van der Waals surface area contributed by atoms with Crippen LogP contribution < -0.4 is 14.4 Å². The van der Waals surface area contributed by atoms with E-state index in [1.54, 1.807) is 46.0 Å². The highest BCUT2D eigenvalue weighted by Gasteiger charge is 2.39. The monoisotopic (exact) mass is 398 g/mol. The molecule has 0 spiro atoms. The number of rotatable bonds is 5. The zero-order valence-corrected chi connectivity index (χ0v) is 17.1. The van der Waals surface area contributed by atoms with Gasteiger partial charge in [-0.05, 0) is 38.5 Å². The largest absolute Gasteiger partial charge is 0.465 e. The zero-order valence-electron chi connectivity index (χ0n) is 17.1. The number of hydrogen-bond donors (Lipinski definition) is 1. The average molecular weight is 398 g/mol. The molecule has 0 aromatic heterocycles. The molecule has 2 amide bonds. The second kappa shape index (κ2) is 8.03. The van der Waals surface area contributed by atoms with Crippen LogP contribution in [0.2, 0.25) is 0 Å². The van der Waals surface area contributed by atoms with Gasteiger partial charge in [0, 0.05) is 30.8 Å². The fourth-order valence-corrected chi connectivity index (χ4v) is 3.46. The Kier molecular flexibility index (Phi) is 5.68. The molecule has 0 saturated carbocycles. The molecule has 1 aliphatic heterocycles. The lowest BCUT2D eigenvalue weighted by atomic mass is 9.97. The van der Waals surface area contributed by atoms with Crippen LogP contribution in [-0.4, -0.2) is 47.4 Å². The molecular weight excluding hydrogens is 372 g/mol. The van der Waals surface area contributed by atoms with Crippen LogP contribution in [0.3, 0.4) is 0 Å². The number of amides is 2. The predicted molar refractivity (Wildman–Crippen MR) is 110 cm³/mol. The molecule has 7 heteroatoms. The van der Waals surface area contributed by atoms with E-state index < -0.39 is 17.7 Å². The van der Waals surface area contributed by atoms with Gasteiger partial charge in [-0.25, -0.2) is 4.79 Å². The molecule has 0 fully saturated rings. The minimum Gasteiger partial charge on any atom is -0.465 e. The summed E-state index contributed by atoms with van der Waals surface area (Å²) >= 11 is 0. The summed E-state index contributed by atoms with van der Waals surface area (Å²) in [6.07, 6.45) is -0.858. The van der Waals surface area contributed by atoms with Crippen molar-refractivity contribution in [1.29, 1.82) is 0 Å². The Balaban J connectivity index is 1.95. The van der Waals surface area contributed by atoms with Crippen molar-refractivity contribution in [2.45, 2.75) is 38.8 Å². The molecule has 2 aromatic rings. The summed E-state index contributed by atoms with van der Waals surface area (Å²) in [4.78, 5) is 28.3. The first-order valence-corrected chi connectivity index (χ1v) is 9.42. The molecule has 0 saturated heterocycles. The van der Waals surface area contributed by atoms with Crippen molar-refractivity contribution >= 4 is 17.7 Å². The second-order valence-corrected chi connectivity index (χ2v) is 7.96. The Morgan fingerprint density at radius 1 is 1.07 bits per heavy atom. The molecule has 0 radical (unpaired) electrons. The second-order valence-electron chi connectivity index (χ2n) is 7.96. The van der Waals surface area contributed by atoms with E-state index >= 15 is 0 Å². The molecular formula is C22H26N2O5. The zero-order chi connectivity index (χ0) is 21.2. The van der Waals surface area contributed by atoms with Crippen molar-refractivity contribution in [2.75, 3.05) is 18.7 Å². The molecule has 7 nitrogen and oxygen atoms in total. The molecule has 1 N–H and O–H groups in total. The number of hydrogen-bond acceptors (Lipinski definition) is 4. The molecule has 1 atom stereocenters. The van der Waals surface area contributed by atoms with Crippen LogP contribution in [0.1, 0.15) is 26.3 Å². The van der Waals surface area contributed by atoms with Crippen LogP contribution >= 0.6 is 0 Å². The summed E-state index contributed by atoms with van der Waals surface area (Å²) in [5.74, 6) is 0.870. The number of carboxylic acid groups (broad SMARTS) is 1. The smallest absolute Gasteiger partial charge is 0.408 e. The molecule has 0 unspecified atom stereocenters. The highest BCUT2D eigenvalue weighted by atomic mass is 16.7. The SMILES string of the molecule is CN(C(=O)[C@H](Cc1ccccc1)N(C(=O)O)C(C)(C)C)c1ccc2c(c1)OCO2. The van der Waals surface area contributed by atoms with E-state index in [-0.39, 0.29) is 19.1 Å². The van der Waals surface area contributed by atoms with Crippen LogP contribution in [0.4, 0.5) is 10.5 Å². The summed E-state index contributed by atoms with van der Waals surface area (Å²) in [7, 11) is 1.64. The van der Waals surface area contributed by atoms with Gasteiger partial charge >= 0.3 is 6.09 Å². The van der Waals surface area contributed by atoms with Crippen molar-refractivity contribution in [3.8, 4) is 11.5 Å². The maximum Gasteiger partial charge on any atom is 0.408 e. The number of nitrogens with zero attached hydrogens (tertiary/aromatic N) is 2. The van der Waals surface area contributed by atoms with Crippen LogP contribution in [0.25, 0.3) is 0 Å². The quantitative estimate of drug-likeness (QED) is 0.829. The van der Waals surface area contributed by atoms with Crippen LogP contribution in [-0.2, 0) is 11.2 Å². The number of carbonyl (C=O) groups is 2. The number of likely N-dealkylation sites (N-methyl/N-ethyl adjacent to an activating group) is 1. The van der Waals surface area contributed by atoms with Gasteiger partial charge in [-0.2, -0.15) is 0 Å². The summed E-state index contributed by atoms with van der Waals surface area (Å²) < 4.78 is 10.7. The maximum atomic E-state index is 13.5. The summed E-state index contributed by atoms with van der Waals surface area (Å²) in [6, 6.07) is 13.8. The van der Waals surface area contributed by atoms with E-state index in [4.69, 9.17) is 9.47 Å². The maximum absolute atomic E-state index is 13.5. The number of ether oxygens (including phenoxy) is 2. The lowest BCUT2D eigenvalue weighted by Gasteiger charge is -2.40. The van der Waals surface area contributed by atoms with E-state index in [1.165, 1.54) is 9.80 Å². The molecule has 154 valence electrons. The topological polar surface area (TPSA) is 79.3 Å². The summed E-state index contributed by atoms with van der Waals surface area (Å²) in [5, 5.41) is 9.90. The average Bonchev–Trinajstić information content (AvgIpc) is 3.13. The van der Waals surface area contributed by atoms with Crippen molar-refractivity contribution in [2.24, 2.45) is 0 Å². The first-order chi connectivity index (χ1) is 13.7. The van der Waals surface area contributed by atoms with Crippen molar-refractivity contribution in [1.82, 2.24) is 4.90 Å². The first-order valence-electron chi connectivity index (χ1n) is 9.42. The molecule has 2 aromatic carbocycles. The minimum absolute atomic E-state index is 0.143. The summed E-state index contributed by atoms with van der Waals surface area (Å²) in [5.41, 5.74) is 0.744. The lowest BCUT2D eigenvalue weighted by molar-refractivity contribution is -0.124. The minimum atomic E-state index is -1.13. The predicted octanol–water partition coefficient (Wildman–Crippen LogP) is 3.77. The lowest BCUT2D eigenvalue weighted by Crippen LogP contribution is -2.58. The van der Waals surface area contributed by atoms with Gasteiger partial charge < -0.3 is 19.5 Å². The third-order valence-electron chi connectivity index (χ3n) is 4.87. The van der Waals surface area contributed by atoms with E-state index in [9.17, 15) is 14.7 Å². The third-order valence-corrected chi connectivity index (χ3v) is 4.87. The van der Waals surface area contributed by atoms with Gasteiger partial charge in [-0.15, -0.1) is 0 Å². The molecule has 0 bridgehead atoms. The van der Waals surface area contributed by atoms with Gasteiger partial charge in [-0.1, -0.05) is 30.3 Å². The number of carbonyl (C=O) groups excluding carboxylic acids is 1. The fraction of sp³-hybridized carbons (Fsp3) is 0.364. The first kappa shape index (κ1) is 20.5. The number of fused-ring (bicyclic) bond motifs is 1. The third kappa shape index (κ3) is 4.45. The van der Waals surface area contributed by atoms with Crippen molar-refractivity contribution in [3.05, 3.63) is 54.1 Å². The number of benzene rings is 2. The Morgan fingerprint density at radius 3 is 2.34 bits per heavy atom. The number of anilines is 1. The highest BCUT2D eigenvalue weighted by Crippen LogP contribution is 2.35. The van der Waals surface area contributed by atoms with Gasteiger partial charge in [0.1, 0.15) is 6.04 Å². The van der Waals surface area contributed by atoms with E-state index in [2.05, 4.69) is 0 Å². The van der Waals surface area contributed by atoms with Gasteiger partial charge in [0.05, 0.1) is 0 Å². The molecule has 1 aliphatic rings. The molecule has 0 aliphatic carbocycles. The van der Waals surface area contributed by atoms with Gasteiger partial charge in [0.15, 0.2) is 11.5 Å². The van der Waals surface area contributed by atoms with Crippen molar-refractivity contribution < 1.29 is 24.2 Å². The Bertz CT molecular complexity index is 892. The van der Waals surface area contributed by atoms with E-state index in [1.807, 2.05) is 30.3 Å². The van der Waals surface area contributed by atoms with Gasteiger partial charge in [-0.3, -0.25) is 9.69 Å². The van der Waals surface area contributed by atoms with E-state index in [0.29, 0.717) is 17.2 Å². The molecule has 29 heavy (non-hydrogen) atoms. The molecule has 3 rings (SSSR count). The highest BCUT2D eigenvalue weighted by molar-refractivity contribution is 5.98. The van der Waals surface area contributed by atoms with Gasteiger partial charge in [0.2, 0.25) is 12.7 Å².